The molecular formula is C17H16FN3. The number of hydrogen-bond acceptors (Lipinski definition) is 3. The summed E-state index contributed by atoms with van der Waals surface area (Å²) in [6.07, 6.45) is 0.907. The number of aromatic nitrogens is 1. The first kappa shape index (κ1) is 13.5. The van der Waals surface area contributed by atoms with Crippen molar-refractivity contribution < 1.29 is 4.39 Å². The summed E-state index contributed by atoms with van der Waals surface area (Å²) in [5, 5.41) is 1.05. The van der Waals surface area contributed by atoms with Crippen LogP contribution in [0.2, 0.25) is 0 Å². The number of para-hydroxylation sites is 1. The first-order chi connectivity index (χ1) is 10.2. The van der Waals surface area contributed by atoms with Crippen molar-refractivity contribution in [1.29, 1.82) is 0 Å². The zero-order chi connectivity index (χ0) is 14.8. The van der Waals surface area contributed by atoms with E-state index in [1.165, 1.54) is 17.7 Å². The Bertz CT molecular complexity index is 782. The molecule has 0 bridgehead atoms. The fraction of sp³-hybridized carbons (Fsp3) is 0.118. The Labute approximate surface area is 122 Å². The monoisotopic (exact) mass is 281 g/mol. The van der Waals surface area contributed by atoms with E-state index in [1.54, 1.807) is 12.1 Å². The minimum absolute atomic E-state index is 0.261. The lowest BCUT2D eigenvalue weighted by Crippen LogP contribution is -2.10. The van der Waals surface area contributed by atoms with Gasteiger partial charge in [-0.2, -0.15) is 0 Å². The molecule has 106 valence electrons. The summed E-state index contributed by atoms with van der Waals surface area (Å²) in [5.74, 6) is 5.95. The summed E-state index contributed by atoms with van der Waals surface area (Å²) in [7, 11) is 0. The van der Waals surface area contributed by atoms with Crippen LogP contribution < -0.4 is 11.3 Å². The molecule has 0 fully saturated rings. The Balaban J connectivity index is 2.25. The predicted octanol–water partition coefficient (Wildman–Crippen LogP) is 3.89. The third kappa shape index (κ3) is 2.45. The smallest absolute Gasteiger partial charge is 0.148 e. The second-order valence-electron chi connectivity index (χ2n) is 4.88. The highest BCUT2D eigenvalue weighted by Crippen LogP contribution is 2.31. The van der Waals surface area contributed by atoms with Gasteiger partial charge in [-0.25, -0.2) is 15.2 Å². The molecule has 0 saturated heterocycles. The van der Waals surface area contributed by atoms with Crippen molar-refractivity contribution in [1.82, 2.24) is 4.98 Å². The van der Waals surface area contributed by atoms with Gasteiger partial charge in [0.1, 0.15) is 11.6 Å². The lowest BCUT2D eigenvalue weighted by atomic mass is 10.0. The van der Waals surface area contributed by atoms with Gasteiger partial charge in [0, 0.05) is 10.9 Å². The molecule has 4 heteroatoms. The van der Waals surface area contributed by atoms with Crippen molar-refractivity contribution in [2.75, 3.05) is 5.43 Å². The van der Waals surface area contributed by atoms with Crippen LogP contribution in [-0.2, 0) is 6.42 Å². The Kier molecular flexibility index (Phi) is 3.54. The van der Waals surface area contributed by atoms with Gasteiger partial charge in [-0.05, 0) is 35.7 Å². The predicted molar refractivity (Wildman–Crippen MR) is 84.3 cm³/mol. The average molecular weight is 281 g/mol. The topological polar surface area (TPSA) is 50.9 Å². The number of nitrogens with zero attached hydrogens (tertiary/aromatic N) is 1. The van der Waals surface area contributed by atoms with Crippen molar-refractivity contribution in [3.8, 4) is 11.1 Å². The number of nitrogens with one attached hydrogen (secondary N) is 1. The highest BCUT2D eigenvalue weighted by Gasteiger charge is 2.10. The van der Waals surface area contributed by atoms with Crippen LogP contribution in [0.25, 0.3) is 22.0 Å². The molecule has 0 spiro atoms. The molecule has 1 aromatic heterocycles. The molecule has 0 aliphatic carbocycles. The maximum Gasteiger partial charge on any atom is 0.148 e. The van der Waals surface area contributed by atoms with Crippen LogP contribution in [0.3, 0.4) is 0 Å². The minimum atomic E-state index is -0.261. The normalized spacial score (nSPS) is 10.8. The van der Waals surface area contributed by atoms with Gasteiger partial charge in [0.15, 0.2) is 0 Å². The maximum atomic E-state index is 13.1. The molecule has 3 aromatic rings. The molecule has 1 heterocycles. The van der Waals surface area contributed by atoms with E-state index in [9.17, 15) is 4.39 Å². The van der Waals surface area contributed by atoms with Gasteiger partial charge >= 0.3 is 0 Å². The summed E-state index contributed by atoms with van der Waals surface area (Å²) >= 11 is 0. The number of nitrogens with two attached hydrogens (primary N) is 1. The SMILES string of the molecule is CCc1cccc2cc(-c3ccc(F)cc3)c(NN)nc12. The summed E-state index contributed by atoms with van der Waals surface area (Å²) in [6, 6.07) is 14.5. The summed E-state index contributed by atoms with van der Waals surface area (Å²) in [5.41, 5.74) is 6.50. The van der Waals surface area contributed by atoms with Crippen molar-refractivity contribution >= 4 is 16.7 Å². The number of fused-ring (bicyclic) bond motifs is 1. The zero-order valence-corrected chi connectivity index (χ0v) is 11.7. The Hall–Kier alpha value is -2.46. The van der Waals surface area contributed by atoms with E-state index in [1.807, 2.05) is 18.2 Å². The zero-order valence-electron chi connectivity index (χ0n) is 11.7. The Morgan fingerprint density at radius 1 is 1.14 bits per heavy atom. The first-order valence-corrected chi connectivity index (χ1v) is 6.88. The quantitative estimate of drug-likeness (QED) is 0.565. The summed E-state index contributed by atoms with van der Waals surface area (Å²) in [4.78, 5) is 4.63. The van der Waals surface area contributed by atoms with Gasteiger partial charge in [-0.1, -0.05) is 37.3 Å². The lowest BCUT2D eigenvalue weighted by Gasteiger charge is -2.12. The van der Waals surface area contributed by atoms with Gasteiger partial charge in [0.2, 0.25) is 0 Å². The van der Waals surface area contributed by atoms with E-state index in [0.29, 0.717) is 5.82 Å². The fourth-order valence-electron chi connectivity index (χ4n) is 2.50. The number of aryl methyl sites for hydroxylation is 1. The van der Waals surface area contributed by atoms with Crippen LogP contribution >= 0.6 is 0 Å². The van der Waals surface area contributed by atoms with E-state index >= 15 is 0 Å². The number of hydrazine groups is 1. The molecule has 3 N–H and O–H groups in total. The second-order valence-corrected chi connectivity index (χ2v) is 4.88. The van der Waals surface area contributed by atoms with Crippen molar-refractivity contribution in [2.45, 2.75) is 13.3 Å². The van der Waals surface area contributed by atoms with Crippen LogP contribution in [0.1, 0.15) is 12.5 Å². The van der Waals surface area contributed by atoms with Gasteiger partial charge in [0.25, 0.3) is 0 Å². The molecule has 0 saturated carbocycles. The summed E-state index contributed by atoms with van der Waals surface area (Å²) in [6.45, 7) is 2.10. The number of rotatable bonds is 3. The Morgan fingerprint density at radius 2 is 1.90 bits per heavy atom. The number of anilines is 1. The third-order valence-corrected chi connectivity index (χ3v) is 3.60. The highest BCUT2D eigenvalue weighted by atomic mass is 19.1. The number of benzene rings is 2. The number of hydrogen-bond donors (Lipinski definition) is 2. The van der Waals surface area contributed by atoms with E-state index < -0.39 is 0 Å². The van der Waals surface area contributed by atoms with Gasteiger partial charge < -0.3 is 5.43 Å². The molecule has 3 rings (SSSR count). The lowest BCUT2D eigenvalue weighted by molar-refractivity contribution is 0.628. The molecule has 21 heavy (non-hydrogen) atoms. The number of halogens is 1. The first-order valence-electron chi connectivity index (χ1n) is 6.88. The molecule has 2 aromatic carbocycles. The Morgan fingerprint density at radius 3 is 2.57 bits per heavy atom. The fourth-order valence-corrected chi connectivity index (χ4v) is 2.50. The van der Waals surface area contributed by atoms with Crippen LogP contribution in [0.5, 0.6) is 0 Å². The summed E-state index contributed by atoms with van der Waals surface area (Å²) < 4.78 is 13.1. The minimum Gasteiger partial charge on any atom is -0.308 e. The van der Waals surface area contributed by atoms with Crippen LogP contribution in [0.15, 0.2) is 48.5 Å². The average Bonchev–Trinajstić information content (AvgIpc) is 2.53. The largest absolute Gasteiger partial charge is 0.308 e. The molecule has 0 unspecified atom stereocenters. The van der Waals surface area contributed by atoms with E-state index in [0.717, 1.165) is 28.5 Å². The maximum absolute atomic E-state index is 13.1. The van der Waals surface area contributed by atoms with Gasteiger partial charge in [-0.3, -0.25) is 0 Å². The molecular weight excluding hydrogens is 265 g/mol. The van der Waals surface area contributed by atoms with E-state index in [4.69, 9.17) is 5.84 Å². The highest BCUT2D eigenvalue weighted by molar-refractivity contribution is 5.91. The van der Waals surface area contributed by atoms with Crippen LogP contribution in [0.4, 0.5) is 10.2 Å². The molecule has 0 amide bonds. The van der Waals surface area contributed by atoms with Crippen LogP contribution in [-0.4, -0.2) is 4.98 Å². The van der Waals surface area contributed by atoms with Crippen molar-refractivity contribution in [2.24, 2.45) is 5.84 Å². The van der Waals surface area contributed by atoms with Crippen molar-refractivity contribution in [3.63, 3.8) is 0 Å². The van der Waals surface area contributed by atoms with Crippen molar-refractivity contribution in [3.05, 3.63) is 59.9 Å². The number of pyridine rings is 1. The van der Waals surface area contributed by atoms with Crippen LogP contribution in [0, 0.1) is 5.82 Å². The second kappa shape index (κ2) is 5.50. The van der Waals surface area contributed by atoms with Gasteiger partial charge in [-0.15, -0.1) is 0 Å². The number of nitrogen functional groups attached to an aromatic ring is 1. The van der Waals surface area contributed by atoms with E-state index in [2.05, 4.69) is 23.4 Å². The molecule has 0 aliphatic rings. The standard InChI is InChI=1S/C17H16FN3/c1-2-11-4-3-5-13-10-15(17(21-19)20-16(11)13)12-6-8-14(18)9-7-12/h3-10H,2,19H2,1H3,(H,20,21). The third-order valence-electron chi connectivity index (χ3n) is 3.60. The molecule has 0 radical (unpaired) electrons. The molecule has 0 aliphatic heterocycles. The molecule has 3 nitrogen and oxygen atoms in total. The molecule has 0 atom stereocenters. The van der Waals surface area contributed by atoms with E-state index in [-0.39, 0.29) is 5.82 Å². The van der Waals surface area contributed by atoms with Gasteiger partial charge in [0.05, 0.1) is 5.52 Å².